The molecular formula is C26H30N4O. The second kappa shape index (κ2) is 8.45. The summed E-state index contributed by atoms with van der Waals surface area (Å²) in [5.74, 6) is 0.736. The zero-order valence-electron chi connectivity index (χ0n) is 17.9. The van der Waals surface area contributed by atoms with Crippen LogP contribution >= 0.6 is 0 Å². The fourth-order valence-electron chi connectivity index (χ4n) is 5.41. The number of nitriles is 1. The second-order valence-electron chi connectivity index (χ2n) is 9.37. The predicted octanol–water partition coefficient (Wildman–Crippen LogP) is 3.40. The lowest BCUT2D eigenvalue weighted by Gasteiger charge is -2.56. The third-order valence-electron chi connectivity index (χ3n) is 7.32. The van der Waals surface area contributed by atoms with Crippen LogP contribution in [0, 0.1) is 11.3 Å². The smallest absolute Gasteiger partial charge is 0.253 e. The molecule has 0 aromatic heterocycles. The van der Waals surface area contributed by atoms with Gasteiger partial charge in [0.1, 0.15) is 0 Å². The van der Waals surface area contributed by atoms with Crippen LogP contribution in [0.15, 0.2) is 60.7 Å². The molecule has 31 heavy (non-hydrogen) atoms. The number of carbonyl (C=O) groups is 1. The molecule has 0 spiro atoms. The molecule has 1 unspecified atom stereocenters. The van der Waals surface area contributed by atoms with Gasteiger partial charge in [0.05, 0.1) is 18.0 Å². The summed E-state index contributed by atoms with van der Waals surface area (Å²) in [6, 6.07) is 23.8. The number of benzene rings is 2. The van der Waals surface area contributed by atoms with Crippen molar-refractivity contribution in [3.05, 3.63) is 71.8 Å². The van der Waals surface area contributed by atoms with Gasteiger partial charge >= 0.3 is 0 Å². The minimum Gasteiger partial charge on any atom is -0.335 e. The highest BCUT2D eigenvalue weighted by Crippen LogP contribution is 2.42. The van der Waals surface area contributed by atoms with Crippen LogP contribution in [0.3, 0.4) is 0 Å². The second-order valence-corrected chi connectivity index (χ2v) is 9.37. The average Bonchev–Trinajstić information content (AvgIpc) is 3.56. The van der Waals surface area contributed by atoms with Crippen molar-refractivity contribution in [2.24, 2.45) is 0 Å². The Bertz CT molecular complexity index is 940. The Balaban J connectivity index is 1.13. The Morgan fingerprint density at radius 2 is 1.68 bits per heavy atom. The summed E-state index contributed by atoms with van der Waals surface area (Å²) >= 11 is 0. The van der Waals surface area contributed by atoms with Gasteiger partial charge < -0.3 is 10.2 Å². The summed E-state index contributed by atoms with van der Waals surface area (Å²) < 4.78 is 0. The van der Waals surface area contributed by atoms with Crippen molar-refractivity contribution < 1.29 is 4.79 Å². The zero-order chi connectivity index (χ0) is 21.3. The molecule has 0 radical (unpaired) electrons. The van der Waals surface area contributed by atoms with Gasteiger partial charge in [-0.15, -0.1) is 0 Å². The highest BCUT2D eigenvalue weighted by atomic mass is 16.2. The van der Waals surface area contributed by atoms with Crippen LogP contribution in [0.5, 0.6) is 0 Å². The largest absolute Gasteiger partial charge is 0.335 e. The Labute approximate surface area is 184 Å². The fourth-order valence-corrected chi connectivity index (χ4v) is 5.41. The topological polar surface area (TPSA) is 59.4 Å². The number of hydrogen-bond donors (Lipinski definition) is 1. The first kappa shape index (κ1) is 20.2. The first-order valence-electron chi connectivity index (χ1n) is 11.5. The van der Waals surface area contributed by atoms with Crippen LogP contribution < -0.4 is 5.32 Å². The highest BCUT2D eigenvalue weighted by molar-refractivity contribution is 5.95. The molecule has 2 saturated heterocycles. The highest BCUT2D eigenvalue weighted by Gasteiger charge is 2.50. The molecule has 5 nitrogen and oxygen atoms in total. The van der Waals surface area contributed by atoms with Crippen LogP contribution in [-0.4, -0.2) is 59.5 Å². The monoisotopic (exact) mass is 414 g/mol. The summed E-state index contributed by atoms with van der Waals surface area (Å²) in [4.78, 5) is 17.1. The van der Waals surface area contributed by atoms with E-state index >= 15 is 0 Å². The number of rotatable bonds is 6. The molecule has 2 aromatic carbocycles. The van der Waals surface area contributed by atoms with Crippen molar-refractivity contribution in [1.82, 2.24) is 15.1 Å². The first-order valence-corrected chi connectivity index (χ1v) is 11.5. The molecule has 3 aliphatic rings. The lowest BCUT2D eigenvalue weighted by molar-refractivity contribution is -0.0497. The Morgan fingerprint density at radius 3 is 2.32 bits per heavy atom. The van der Waals surface area contributed by atoms with Crippen molar-refractivity contribution in [3.8, 4) is 6.07 Å². The van der Waals surface area contributed by atoms with E-state index in [1.54, 1.807) is 0 Å². The maximum absolute atomic E-state index is 12.7. The minimum absolute atomic E-state index is 0.0754. The van der Waals surface area contributed by atoms with E-state index in [2.05, 4.69) is 46.6 Å². The molecule has 2 heterocycles. The van der Waals surface area contributed by atoms with Gasteiger partial charge in [-0.25, -0.2) is 0 Å². The normalized spacial score (nSPS) is 25.5. The maximum atomic E-state index is 12.7. The van der Waals surface area contributed by atoms with E-state index in [0.717, 1.165) is 31.5 Å². The van der Waals surface area contributed by atoms with Gasteiger partial charge in [-0.3, -0.25) is 9.69 Å². The number of nitrogens with one attached hydrogen (secondary N) is 1. The van der Waals surface area contributed by atoms with Gasteiger partial charge in [-0.05, 0) is 37.0 Å². The van der Waals surface area contributed by atoms with E-state index in [4.69, 9.17) is 0 Å². The third-order valence-corrected chi connectivity index (χ3v) is 7.32. The number of nitrogens with zero attached hydrogens (tertiary/aromatic N) is 3. The van der Waals surface area contributed by atoms with Gasteiger partial charge in [0, 0.05) is 49.7 Å². The van der Waals surface area contributed by atoms with Gasteiger partial charge in [0.25, 0.3) is 5.91 Å². The lowest BCUT2D eigenvalue weighted by atomic mass is 9.82. The van der Waals surface area contributed by atoms with E-state index < -0.39 is 0 Å². The van der Waals surface area contributed by atoms with Gasteiger partial charge in [0.15, 0.2) is 0 Å². The van der Waals surface area contributed by atoms with Crippen LogP contribution in [-0.2, 0) is 0 Å². The Hall–Kier alpha value is -2.68. The molecule has 1 amide bonds. The number of piperidine rings is 1. The molecule has 0 bridgehead atoms. The summed E-state index contributed by atoms with van der Waals surface area (Å²) in [5, 5.41) is 13.3. The summed E-state index contributed by atoms with van der Waals surface area (Å²) in [7, 11) is 0. The molecule has 5 rings (SSSR count). The van der Waals surface area contributed by atoms with E-state index in [1.165, 1.54) is 12.0 Å². The molecule has 2 aromatic rings. The first-order chi connectivity index (χ1) is 15.2. The zero-order valence-corrected chi connectivity index (χ0v) is 17.9. The Morgan fingerprint density at radius 1 is 1.03 bits per heavy atom. The summed E-state index contributed by atoms with van der Waals surface area (Å²) in [6.45, 7) is 3.31. The molecule has 1 aliphatic carbocycles. The quantitative estimate of drug-likeness (QED) is 0.787. The fraction of sp³-hybridized carbons (Fsp3) is 0.462. The van der Waals surface area contributed by atoms with E-state index in [1.807, 2.05) is 35.2 Å². The number of carbonyl (C=O) groups excluding carboxylic acids is 1. The molecule has 5 heteroatoms. The summed E-state index contributed by atoms with van der Waals surface area (Å²) in [6.07, 6.45) is 3.94. The molecule has 160 valence electrons. The van der Waals surface area contributed by atoms with Crippen LogP contribution in [0.1, 0.15) is 47.5 Å². The van der Waals surface area contributed by atoms with Crippen LogP contribution in [0.2, 0.25) is 0 Å². The molecule has 2 aliphatic heterocycles. The average molecular weight is 415 g/mol. The van der Waals surface area contributed by atoms with E-state index in [0.29, 0.717) is 37.5 Å². The minimum atomic E-state index is -0.170. The van der Waals surface area contributed by atoms with Crippen LogP contribution in [0.4, 0.5) is 0 Å². The van der Waals surface area contributed by atoms with Crippen molar-refractivity contribution in [2.75, 3.05) is 26.2 Å². The van der Waals surface area contributed by atoms with E-state index in [-0.39, 0.29) is 11.4 Å². The Kier molecular flexibility index (Phi) is 5.52. The lowest BCUT2D eigenvalue weighted by Crippen LogP contribution is -2.72. The van der Waals surface area contributed by atoms with Gasteiger partial charge in [-0.1, -0.05) is 48.5 Å². The molecule has 1 N–H and O–H groups in total. The molecular weight excluding hydrogens is 384 g/mol. The van der Waals surface area contributed by atoms with Gasteiger partial charge in [-0.2, -0.15) is 5.26 Å². The van der Waals surface area contributed by atoms with E-state index in [9.17, 15) is 10.1 Å². The number of likely N-dealkylation sites (tertiary alicyclic amines) is 2. The number of amides is 1. The van der Waals surface area contributed by atoms with Crippen molar-refractivity contribution >= 4 is 5.91 Å². The maximum Gasteiger partial charge on any atom is 0.253 e. The molecule has 2 atom stereocenters. The molecule has 3 fully saturated rings. The molecule has 1 saturated carbocycles. The van der Waals surface area contributed by atoms with Gasteiger partial charge in [0.2, 0.25) is 0 Å². The van der Waals surface area contributed by atoms with Crippen molar-refractivity contribution in [2.45, 2.75) is 49.2 Å². The van der Waals surface area contributed by atoms with Crippen molar-refractivity contribution in [3.63, 3.8) is 0 Å². The number of hydrogen-bond acceptors (Lipinski definition) is 4. The predicted molar refractivity (Wildman–Crippen MR) is 121 cm³/mol. The summed E-state index contributed by atoms with van der Waals surface area (Å²) in [5.41, 5.74) is 2.01. The third kappa shape index (κ3) is 4.11. The SMILES string of the molecule is N#CCC1(N2CCC(N[C@H]3CC3c3ccccc3)CC2)CN(C(=O)c2ccccc2)C1. The van der Waals surface area contributed by atoms with Crippen molar-refractivity contribution in [1.29, 1.82) is 5.26 Å². The van der Waals surface area contributed by atoms with Crippen LogP contribution in [0.25, 0.3) is 0 Å². The standard InChI is InChI=1S/C26H30N4O/c27-14-13-26(18-29(19-26)25(31)21-9-5-2-6-10-21)30-15-11-22(12-16-30)28-24-17-23(24)20-7-3-1-4-8-20/h1-10,22-24,28H,11-13,15-19H2/t23?,24-/m0/s1.